The van der Waals surface area contributed by atoms with Gasteiger partial charge in [0, 0.05) is 11.4 Å². The highest BCUT2D eigenvalue weighted by atomic mass is 32.1. The van der Waals surface area contributed by atoms with Gasteiger partial charge in [0.05, 0.1) is 13.2 Å². The fourth-order valence-electron chi connectivity index (χ4n) is 2.34. The molecule has 0 saturated heterocycles. The molecule has 0 aromatic heterocycles. The molecule has 0 saturated carbocycles. The molecule has 2 rings (SSSR count). The number of thiocarbonyl (C=S) groups is 2. The van der Waals surface area contributed by atoms with Crippen molar-refractivity contribution >= 4 is 58.2 Å². The molecule has 2 aromatic carbocycles. The molecule has 0 bridgehead atoms. The van der Waals surface area contributed by atoms with E-state index >= 15 is 0 Å². The molecule has 2 amide bonds. The minimum atomic E-state index is -0.600. The highest BCUT2D eigenvalue weighted by molar-refractivity contribution is 7.80. The normalized spacial score (nSPS) is 9.80. The number of nitrogens with one attached hydrogen (secondary N) is 4. The van der Waals surface area contributed by atoms with Crippen LogP contribution in [-0.2, 0) is 9.47 Å². The average molecular weight is 447 g/mol. The van der Waals surface area contributed by atoms with Crippen molar-refractivity contribution < 1.29 is 19.1 Å². The minimum absolute atomic E-state index is 0.157. The second kappa shape index (κ2) is 11.7. The number of ether oxygens (including phenoxy) is 2. The number of hydrogen-bond donors (Lipinski definition) is 4. The largest absolute Gasteiger partial charge is 0.450 e. The first-order valence-corrected chi connectivity index (χ1v) is 9.93. The number of hydrogen-bond acceptors (Lipinski definition) is 6. The van der Waals surface area contributed by atoms with E-state index in [1.807, 2.05) is 48.5 Å². The van der Waals surface area contributed by atoms with E-state index in [1.165, 1.54) is 0 Å². The maximum Gasteiger partial charge on any atom is 0.413 e. The fraction of sp³-hybridized carbons (Fsp3) is 0.200. The van der Waals surface area contributed by atoms with Crippen molar-refractivity contribution in [2.24, 2.45) is 0 Å². The van der Waals surface area contributed by atoms with Gasteiger partial charge in [0.2, 0.25) is 0 Å². The zero-order valence-corrected chi connectivity index (χ0v) is 18.1. The van der Waals surface area contributed by atoms with Crippen molar-refractivity contribution in [1.29, 1.82) is 0 Å². The van der Waals surface area contributed by atoms with Gasteiger partial charge < -0.3 is 20.1 Å². The van der Waals surface area contributed by atoms with Crippen LogP contribution in [0.4, 0.5) is 21.0 Å². The molecule has 30 heavy (non-hydrogen) atoms. The Morgan fingerprint density at radius 3 is 1.33 bits per heavy atom. The predicted octanol–water partition coefficient (Wildman–Crippen LogP) is 4.24. The quantitative estimate of drug-likeness (QED) is 0.506. The molecule has 0 unspecified atom stereocenters. The number of carbonyl (C=O) groups is 2. The lowest BCUT2D eigenvalue weighted by Crippen LogP contribution is -2.34. The predicted molar refractivity (Wildman–Crippen MR) is 125 cm³/mol. The standard InChI is InChI=1S/C20H22N4O4S2/c1-3-27-19(25)23-17(29)21-15-9-5-13(6-10-15)14-7-11-16(12-8-14)22-18(30)24-20(26)28-4-2/h5-12H,3-4H2,1-2H3,(H2,21,23,25,29)(H2,22,24,26,30). The molecule has 2 aromatic rings. The first-order chi connectivity index (χ1) is 14.4. The number of alkyl carbamates (subject to hydrolysis) is 2. The molecule has 0 heterocycles. The molecule has 0 spiro atoms. The molecular weight excluding hydrogens is 424 g/mol. The summed E-state index contributed by atoms with van der Waals surface area (Å²) in [5.74, 6) is 0. The zero-order valence-electron chi connectivity index (χ0n) is 16.5. The topological polar surface area (TPSA) is 101 Å². The Morgan fingerprint density at radius 1 is 0.700 bits per heavy atom. The number of benzene rings is 2. The van der Waals surface area contributed by atoms with Crippen molar-refractivity contribution in [3.8, 4) is 11.1 Å². The summed E-state index contributed by atoms with van der Waals surface area (Å²) in [6.45, 7) is 3.97. The summed E-state index contributed by atoms with van der Waals surface area (Å²) in [5, 5.41) is 11.0. The van der Waals surface area contributed by atoms with Crippen LogP contribution in [0.25, 0.3) is 11.1 Å². The van der Waals surface area contributed by atoms with Gasteiger partial charge in [-0.2, -0.15) is 0 Å². The van der Waals surface area contributed by atoms with E-state index in [4.69, 9.17) is 33.9 Å². The third kappa shape index (κ3) is 7.64. The van der Waals surface area contributed by atoms with E-state index in [1.54, 1.807) is 13.8 Å². The van der Waals surface area contributed by atoms with Crippen LogP contribution < -0.4 is 21.3 Å². The zero-order chi connectivity index (χ0) is 21.9. The third-order valence-electron chi connectivity index (χ3n) is 3.60. The van der Waals surface area contributed by atoms with Gasteiger partial charge in [-0.25, -0.2) is 9.59 Å². The third-order valence-corrected chi connectivity index (χ3v) is 4.01. The lowest BCUT2D eigenvalue weighted by molar-refractivity contribution is 0.157. The average Bonchev–Trinajstić information content (AvgIpc) is 2.69. The molecular formula is C20H22N4O4S2. The van der Waals surface area contributed by atoms with Gasteiger partial charge in [-0.3, -0.25) is 10.6 Å². The van der Waals surface area contributed by atoms with Crippen molar-refractivity contribution in [3.05, 3.63) is 48.5 Å². The molecule has 0 aliphatic heterocycles. The summed E-state index contributed by atoms with van der Waals surface area (Å²) < 4.78 is 9.55. The number of rotatable bonds is 5. The van der Waals surface area contributed by atoms with Gasteiger partial charge in [0.25, 0.3) is 0 Å². The summed E-state index contributed by atoms with van der Waals surface area (Å²) in [5.41, 5.74) is 3.44. The van der Waals surface area contributed by atoms with E-state index in [9.17, 15) is 9.59 Å². The van der Waals surface area contributed by atoms with Crippen molar-refractivity contribution in [3.63, 3.8) is 0 Å². The Kier molecular flexibility index (Phi) is 8.98. The summed E-state index contributed by atoms with van der Waals surface area (Å²) >= 11 is 10.1. The van der Waals surface area contributed by atoms with Gasteiger partial charge in [-0.05, 0) is 73.7 Å². The highest BCUT2D eigenvalue weighted by Crippen LogP contribution is 2.23. The summed E-state index contributed by atoms with van der Waals surface area (Å²) in [6.07, 6.45) is -1.20. The molecule has 8 nitrogen and oxygen atoms in total. The number of amides is 2. The smallest absolute Gasteiger partial charge is 0.413 e. The lowest BCUT2D eigenvalue weighted by atomic mass is 10.1. The van der Waals surface area contributed by atoms with Gasteiger partial charge in [0.15, 0.2) is 10.2 Å². The van der Waals surface area contributed by atoms with Crippen LogP contribution in [-0.4, -0.2) is 35.6 Å². The van der Waals surface area contributed by atoms with Gasteiger partial charge in [-0.1, -0.05) is 24.3 Å². The summed E-state index contributed by atoms with van der Waals surface area (Å²) in [7, 11) is 0. The Hall–Kier alpha value is -3.24. The lowest BCUT2D eigenvalue weighted by Gasteiger charge is -2.11. The van der Waals surface area contributed by atoms with E-state index in [-0.39, 0.29) is 23.4 Å². The van der Waals surface area contributed by atoms with Gasteiger partial charge in [-0.15, -0.1) is 0 Å². The van der Waals surface area contributed by atoms with Crippen LogP contribution in [0.2, 0.25) is 0 Å². The summed E-state index contributed by atoms with van der Waals surface area (Å²) in [6, 6.07) is 15.1. The van der Waals surface area contributed by atoms with Crippen LogP contribution in [0, 0.1) is 0 Å². The number of carbonyl (C=O) groups excluding carboxylic acids is 2. The van der Waals surface area contributed by atoms with Crippen molar-refractivity contribution in [2.75, 3.05) is 23.8 Å². The first kappa shape index (κ1) is 23.0. The molecule has 0 fully saturated rings. The Balaban J connectivity index is 1.92. The molecule has 0 aliphatic carbocycles. The van der Waals surface area contributed by atoms with Gasteiger partial charge >= 0.3 is 12.2 Å². The van der Waals surface area contributed by atoms with Gasteiger partial charge in [0.1, 0.15) is 0 Å². The second-order valence-corrected chi connectivity index (χ2v) is 6.57. The monoisotopic (exact) mass is 446 g/mol. The molecule has 4 N–H and O–H groups in total. The molecule has 0 atom stereocenters. The maximum atomic E-state index is 11.4. The highest BCUT2D eigenvalue weighted by Gasteiger charge is 2.06. The van der Waals surface area contributed by atoms with E-state index in [0.717, 1.165) is 22.5 Å². The van der Waals surface area contributed by atoms with E-state index in [0.29, 0.717) is 0 Å². The fourth-order valence-corrected chi connectivity index (χ4v) is 2.74. The molecule has 158 valence electrons. The second-order valence-electron chi connectivity index (χ2n) is 5.75. The van der Waals surface area contributed by atoms with Crippen molar-refractivity contribution in [2.45, 2.75) is 13.8 Å². The molecule has 10 heteroatoms. The van der Waals surface area contributed by atoms with Crippen molar-refractivity contribution in [1.82, 2.24) is 10.6 Å². The van der Waals surface area contributed by atoms with Crippen LogP contribution in [0.5, 0.6) is 0 Å². The maximum absolute atomic E-state index is 11.4. The summed E-state index contributed by atoms with van der Waals surface area (Å²) in [4.78, 5) is 22.7. The van der Waals surface area contributed by atoms with Crippen LogP contribution >= 0.6 is 24.4 Å². The SMILES string of the molecule is CCOC(=O)NC(=S)Nc1ccc(-c2ccc(NC(=S)NC(=O)OCC)cc2)cc1. The molecule has 0 radical (unpaired) electrons. The van der Waals surface area contributed by atoms with E-state index < -0.39 is 12.2 Å². The van der Waals surface area contributed by atoms with E-state index in [2.05, 4.69) is 21.3 Å². The number of anilines is 2. The van der Waals surface area contributed by atoms with Crippen LogP contribution in [0.1, 0.15) is 13.8 Å². The Bertz CT molecular complexity index is 827. The first-order valence-electron chi connectivity index (χ1n) is 9.11. The Labute approximate surface area is 185 Å². The minimum Gasteiger partial charge on any atom is -0.450 e. The Morgan fingerprint density at radius 2 is 1.03 bits per heavy atom. The van der Waals surface area contributed by atoms with Crippen LogP contribution in [0.15, 0.2) is 48.5 Å². The van der Waals surface area contributed by atoms with Crippen LogP contribution in [0.3, 0.4) is 0 Å². The molecule has 0 aliphatic rings.